The molecule has 0 spiro atoms. The maximum absolute atomic E-state index is 12.4. The molecule has 1 aromatic rings. The van der Waals surface area contributed by atoms with Gasteiger partial charge in [-0.25, -0.2) is 4.79 Å². The fourth-order valence-electron chi connectivity index (χ4n) is 2.49. The lowest BCUT2D eigenvalue weighted by molar-refractivity contribution is -0.152. The molecule has 21 heavy (non-hydrogen) atoms. The Bertz CT molecular complexity index is 612. The standard InChI is InChI=1S/C14H14ClNO5/c1-19-13(18)14(3-2-4-14)16-12(17)8-5-9(15)11-10(6-8)20-7-21-11/h5-6H,2-4,7H2,1H3,(H,16,17). The van der Waals surface area contributed by atoms with Gasteiger partial charge in [0.05, 0.1) is 12.1 Å². The third-order valence-electron chi connectivity index (χ3n) is 3.83. The van der Waals surface area contributed by atoms with E-state index in [-0.39, 0.29) is 12.7 Å². The van der Waals surface area contributed by atoms with E-state index in [1.807, 2.05) is 0 Å². The van der Waals surface area contributed by atoms with Crippen molar-refractivity contribution in [2.24, 2.45) is 0 Å². The van der Waals surface area contributed by atoms with Gasteiger partial charge in [-0.2, -0.15) is 0 Å². The number of hydrogen-bond donors (Lipinski definition) is 1. The minimum Gasteiger partial charge on any atom is -0.467 e. The molecule has 0 bridgehead atoms. The fourth-order valence-corrected chi connectivity index (χ4v) is 2.76. The molecule has 1 heterocycles. The van der Waals surface area contributed by atoms with Crippen LogP contribution < -0.4 is 14.8 Å². The first-order chi connectivity index (χ1) is 10.1. The predicted octanol–water partition coefficient (Wildman–Crippen LogP) is 1.89. The molecule has 0 atom stereocenters. The Morgan fingerprint density at radius 2 is 2.10 bits per heavy atom. The van der Waals surface area contributed by atoms with E-state index < -0.39 is 11.5 Å². The molecule has 1 N–H and O–H groups in total. The molecule has 6 nitrogen and oxygen atoms in total. The molecule has 3 rings (SSSR count). The predicted molar refractivity (Wildman–Crippen MR) is 73.6 cm³/mol. The highest BCUT2D eigenvalue weighted by atomic mass is 35.5. The maximum atomic E-state index is 12.4. The first kappa shape index (κ1) is 14.0. The summed E-state index contributed by atoms with van der Waals surface area (Å²) in [5.41, 5.74) is -0.603. The second-order valence-electron chi connectivity index (χ2n) is 5.07. The Morgan fingerprint density at radius 3 is 2.71 bits per heavy atom. The average Bonchev–Trinajstić information content (AvgIpc) is 2.90. The largest absolute Gasteiger partial charge is 0.467 e. The van der Waals surface area contributed by atoms with Crippen molar-refractivity contribution in [2.75, 3.05) is 13.9 Å². The minimum atomic E-state index is -0.922. The van der Waals surface area contributed by atoms with Gasteiger partial charge in [0.15, 0.2) is 11.5 Å². The number of carbonyl (C=O) groups excluding carboxylic acids is 2. The lowest BCUT2D eigenvalue weighted by atomic mass is 9.76. The van der Waals surface area contributed by atoms with E-state index >= 15 is 0 Å². The van der Waals surface area contributed by atoms with Crippen LogP contribution in [0, 0.1) is 0 Å². The number of halogens is 1. The van der Waals surface area contributed by atoms with Crippen molar-refractivity contribution < 1.29 is 23.8 Å². The van der Waals surface area contributed by atoms with Crippen LogP contribution >= 0.6 is 11.6 Å². The highest BCUT2D eigenvalue weighted by molar-refractivity contribution is 6.32. The smallest absolute Gasteiger partial charge is 0.331 e. The Kier molecular flexibility index (Phi) is 3.41. The summed E-state index contributed by atoms with van der Waals surface area (Å²) in [4.78, 5) is 24.2. The van der Waals surface area contributed by atoms with Gasteiger partial charge in [0, 0.05) is 5.56 Å². The summed E-state index contributed by atoms with van der Waals surface area (Å²) in [6.45, 7) is 0.0756. The van der Waals surface area contributed by atoms with Crippen LogP contribution in [0.25, 0.3) is 0 Å². The fraction of sp³-hybridized carbons (Fsp3) is 0.429. The topological polar surface area (TPSA) is 73.9 Å². The van der Waals surface area contributed by atoms with Gasteiger partial charge in [-0.1, -0.05) is 11.6 Å². The molecule has 112 valence electrons. The molecule has 0 saturated heterocycles. The summed E-state index contributed by atoms with van der Waals surface area (Å²) in [7, 11) is 1.31. The third-order valence-corrected chi connectivity index (χ3v) is 4.11. The van der Waals surface area contributed by atoms with Gasteiger partial charge in [0.1, 0.15) is 5.54 Å². The first-order valence-electron chi connectivity index (χ1n) is 6.56. The van der Waals surface area contributed by atoms with Crippen molar-refractivity contribution in [1.29, 1.82) is 0 Å². The molecule has 1 amide bonds. The molecule has 7 heteroatoms. The maximum Gasteiger partial charge on any atom is 0.331 e. The third kappa shape index (κ3) is 2.29. The molecular formula is C14H14ClNO5. The van der Waals surface area contributed by atoms with Crippen molar-refractivity contribution in [3.8, 4) is 11.5 Å². The van der Waals surface area contributed by atoms with E-state index in [9.17, 15) is 9.59 Å². The molecule has 2 aliphatic rings. The van der Waals surface area contributed by atoms with Crippen LogP contribution in [0.15, 0.2) is 12.1 Å². The van der Waals surface area contributed by atoms with Gasteiger partial charge in [-0.3, -0.25) is 4.79 Å². The highest BCUT2D eigenvalue weighted by Crippen LogP contribution is 2.40. The molecule has 1 fully saturated rings. The average molecular weight is 312 g/mol. The van der Waals surface area contributed by atoms with E-state index in [0.717, 1.165) is 6.42 Å². The van der Waals surface area contributed by atoms with Gasteiger partial charge in [0.25, 0.3) is 5.91 Å². The van der Waals surface area contributed by atoms with E-state index in [4.69, 9.17) is 25.8 Å². The molecule has 1 aliphatic carbocycles. The number of carbonyl (C=O) groups is 2. The number of ether oxygens (including phenoxy) is 3. The number of benzene rings is 1. The van der Waals surface area contributed by atoms with Gasteiger partial charge in [-0.05, 0) is 31.4 Å². The summed E-state index contributed by atoms with van der Waals surface area (Å²) < 4.78 is 15.2. The molecule has 0 radical (unpaired) electrons. The summed E-state index contributed by atoms with van der Waals surface area (Å²) >= 11 is 6.05. The van der Waals surface area contributed by atoms with Crippen LogP contribution in [0.1, 0.15) is 29.6 Å². The number of nitrogens with one attached hydrogen (secondary N) is 1. The molecule has 0 aromatic heterocycles. The number of amides is 1. The molecule has 0 unspecified atom stereocenters. The number of hydrogen-bond acceptors (Lipinski definition) is 5. The van der Waals surface area contributed by atoms with Crippen molar-refractivity contribution in [1.82, 2.24) is 5.32 Å². The Hall–Kier alpha value is -1.95. The van der Waals surface area contributed by atoms with Crippen LogP contribution in [0.5, 0.6) is 11.5 Å². The van der Waals surface area contributed by atoms with Gasteiger partial charge >= 0.3 is 5.97 Å². The van der Waals surface area contributed by atoms with Gasteiger partial charge < -0.3 is 19.5 Å². The second-order valence-corrected chi connectivity index (χ2v) is 5.48. The first-order valence-corrected chi connectivity index (χ1v) is 6.93. The number of fused-ring (bicyclic) bond motifs is 1. The van der Waals surface area contributed by atoms with Crippen LogP contribution in [-0.2, 0) is 9.53 Å². The summed E-state index contributed by atoms with van der Waals surface area (Å²) in [5, 5.41) is 3.05. The zero-order chi connectivity index (χ0) is 15.0. The lowest BCUT2D eigenvalue weighted by Crippen LogP contribution is -2.59. The number of methoxy groups -OCH3 is 1. The molecule has 1 aliphatic heterocycles. The number of esters is 1. The summed E-state index contributed by atoms with van der Waals surface area (Å²) in [6, 6.07) is 3.04. The van der Waals surface area contributed by atoms with Gasteiger partial charge in [0.2, 0.25) is 6.79 Å². The zero-order valence-electron chi connectivity index (χ0n) is 11.4. The van der Waals surface area contributed by atoms with E-state index in [2.05, 4.69) is 5.32 Å². The monoisotopic (exact) mass is 311 g/mol. The Morgan fingerprint density at radius 1 is 1.33 bits per heavy atom. The van der Waals surface area contributed by atoms with Gasteiger partial charge in [-0.15, -0.1) is 0 Å². The highest BCUT2D eigenvalue weighted by Gasteiger charge is 2.46. The van der Waals surface area contributed by atoms with Crippen LogP contribution in [0.3, 0.4) is 0 Å². The summed E-state index contributed by atoms with van der Waals surface area (Å²) in [6.07, 6.45) is 2.02. The van der Waals surface area contributed by atoms with Crippen molar-refractivity contribution >= 4 is 23.5 Å². The van der Waals surface area contributed by atoms with Crippen molar-refractivity contribution in [3.63, 3.8) is 0 Å². The van der Waals surface area contributed by atoms with Crippen LogP contribution in [-0.4, -0.2) is 31.3 Å². The molecular weight excluding hydrogens is 298 g/mol. The van der Waals surface area contributed by atoms with Crippen LogP contribution in [0.4, 0.5) is 0 Å². The van der Waals surface area contributed by atoms with Crippen LogP contribution in [0.2, 0.25) is 5.02 Å². The SMILES string of the molecule is COC(=O)C1(NC(=O)c2cc(Cl)c3c(c2)OCO3)CCC1. The quantitative estimate of drug-likeness (QED) is 0.863. The van der Waals surface area contributed by atoms with Crippen molar-refractivity contribution in [2.45, 2.75) is 24.8 Å². The zero-order valence-corrected chi connectivity index (χ0v) is 12.2. The van der Waals surface area contributed by atoms with Crippen molar-refractivity contribution in [3.05, 3.63) is 22.7 Å². The van der Waals surface area contributed by atoms with E-state index in [1.54, 1.807) is 6.07 Å². The molecule has 1 saturated carbocycles. The minimum absolute atomic E-state index is 0.0756. The Balaban J connectivity index is 1.83. The van der Waals surface area contributed by atoms with E-state index in [1.165, 1.54) is 13.2 Å². The number of rotatable bonds is 3. The lowest BCUT2D eigenvalue weighted by Gasteiger charge is -2.39. The summed E-state index contributed by atoms with van der Waals surface area (Å²) in [5.74, 6) is 0.0437. The normalized spacial score (nSPS) is 17.8. The Labute approximate surface area is 126 Å². The second kappa shape index (κ2) is 5.11. The van der Waals surface area contributed by atoms with E-state index in [0.29, 0.717) is 34.9 Å². The molecule has 1 aromatic carbocycles.